The van der Waals surface area contributed by atoms with Gasteiger partial charge in [-0.15, -0.1) is 0 Å². The van der Waals surface area contributed by atoms with Crippen LogP contribution in [0.15, 0.2) is 12.2 Å². The van der Waals surface area contributed by atoms with E-state index in [1.807, 2.05) is 0 Å². The zero-order chi connectivity index (χ0) is 6.85. The molecule has 0 bridgehead atoms. The fourth-order valence-electron chi connectivity index (χ4n) is 0.769. The summed E-state index contributed by atoms with van der Waals surface area (Å²) in [6, 6.07) is 0. The zero-order valence-electron chi connectivity index (χ0n) is 4.83. The van der Waals surface area contributed by atoms with Crippen LogP contribution >= 0.6 is 0 Å². The van der Waals surface area contributed by atoms with E-state index < -0.39 is 5.92 Å². The number of nitrogens with two attached hydrogens (primary N) is 1. The monoisotopic (exact) mass is 125 g/mol. The SMILES string of the molecule is NCC1C(=O)C=CC1=O. The van der Waals surface area contributed by atoms with Gasteiger partial charge in [-0.05, 0) is 12.2 Å². The Balaban J connectivity index is 2.75. The van der Waals surface area contributed by atoms with Crippen LogP contribution in [0.1, 0.15) is 0 Å². The molecule has 0 spiro atoms. The van der Waals surface area contributed by atoms with Gasteiger partial charge in [0, 0.05) is 6.54 Å². The largest absolute Gasteiger partial charge is 0.329 e. The van der Waals surface area contributed by atoms with Crippen molar-refractivity contribution in [1.82, 2.24) is 0 Å². The second kappa shape index (κ2) is 2.11. The molecule has 1 aliphatic rings. The Morgan fingerprint density at radius 3 is 2.00 bits per heavy atom. The molecule has 0 heterocycles. The van der Waals surface area contributed by atoms with E-state index >= 15 is 0 Å². The number of hydrogen-bond donors (Lipinski definition) is 1. The van der Waals surface area contributed by atoms with Crippen LogP contribution in [-0.4, -0.2) is 18.1 Å². The van der Waals surface area contributed by atoms with Gasteiger partial charge in [-0.25, -0.2) is 0 Å². The third-order valence-corrected chi connectivity index (χ3v) is 1.33. The molecule has 0 aliphatic heterocycles. The maximum absolute atomic E-state index is 10.6. The van der Waals surface area contributed by atoms with Crippen LogP contribution in [0.2, 0.25) is 0 Å². The van der Waals surface area contributed by atoms with Gasteiger partial charge in [0.2, 0.25) is 0 Å². The van der Waals surface area contributed by atoms with Crippen molar-refractivity contribution < 1.29 is 9.59 Å². The second-order valence-electron chi connectivity index (χ2n) is 1.93. The van der Waals surface area contributed by atoms with E-state index in [0.717, 1.165) is 0 Å². The fraction of sp³-hybridized carbons (Fsp3) is 0.333. The first-order valence-corrected chi connectivity index (χ1v) is 2.71. The highest BCUT2D eigenvalue weighted by molar-refractivity contribution is 6.18. The number of carbonyl (C=O) groups excluding carboxylic acids is 2. The van der Waals surface area contributed by atoms with Gasteiger partial charge in [0.25, 0.3) is 0 Å². The second-order valence-corrected chi connectivity index (χ2v) is 1.93. The molecule has 0 saturated heterocycles. The van der Waals surface area contributed by atoms with E-state index in [1.165, 1.54) is 12.2 Å². The number of hydrogen-bond acceptors (Lipinski definition) is 3. The summed E-state index contributed by atoms with van der Waals surface area (Å²) in [5, 5.41) is 0. The number of rotatable bonds is 1. The number of allylic oxidation sites excluding steroid dienone is 2. The molecule has 0 radical (unpaired) electrons. The summed E-state index contributed by atoms with van der Waals surface area (Å²) in [5.74, 6) is -0.907. The maximum atomic E-state index is 10.6. The number of carbonyl (C=O) groups is 2. The molecular formula is C6H7NO2. The molecule has 0 saturated carbocycles. The van der Waals surface area contributed by atoms with Gasteiger partial charge < -0.3 is 5.73 Å². The summed E-state index contributed by atoms with van der Waals surface area (Å²) in [6.07, 6.45) is 2.56. The average Bonchev–Trinajstić information content (AvgIpc) is 2.12. The van der Waals surface area contributed by atoms with Crippen molar-refractivity contribution in [2.45, 2.75) is 0 Å². The van der Waals surface area contributed by atoms with Crippen molar-refractivity contribution in [3.63, 3.8) is 0 Å². The third-order valence-electron chi connectivity index (χ3n) is 1.33. The van der Waals surface area contributed by atoms with Crippen LogP contribution in [0.5, 0.6) is 0 Å². The minimum atomic E-state index is -0.579. The highest BCUT2D eigenvalue weighted by Gasteiger charge is 2.25. The molecule has 3 nitrogen and oxygen atoms in total. The van der Waals surface area contributed by atoms with Crippen LogP contribution in [0, 0.1) is 5.92 Å². The molecule has 1 aliphatic carbocycles. The van der Waals surface area contributed by atoms with Crippen LogP contribution in [0.25, 0.3) is 0 Å². The first-order chi connectivity index (χ1) is 4.25. The predicted molar refractivity (Wildman–Crippen MR) is 31.7 cm³/mol. The first-order valence-electron chi connectivity index (χ1n) is 2.71. The van der Waals surface area contributed by atoms with Crippen molar-refractivity contribution in [2.24, 2.45) is 11.7 Å². The smallest absolute Gasteiger partial charge is 0.167 e. The Kier molecular flexibility index (Phi) is 1.44. The molecule has 1 rings (SSSR count). The van der Waals surface area contributed by atoms with Crippen LogP contribution in [-0.2, 0) is 9.59 Å². The summed E-state index contributed by atoms with van der Waals surface area (Å²) in [5.41, 5.74) is 5.13. The lowest BCUT2D eigenvalue weighted by Crippen LogP contribution is -2.24. The van der Waals surface area contributed by atoms with Crippen molar-refractivity contribution in [3.05, 3.63) is 12.2 Å². The molecular weight excluding hydrogens is 118 g/mol. The van der Waals surface area contributed by atoms with Crippen LogP contribution in [0.3, 0.4) is 0 Å². The minimum Gasteiger partial charge on any atom is -0.329 e. The summed E-state index contributed by atoms with van der Waals surface area (Å²) >= 11 is 0. The van der Waals surface area contributed by atoms with E-state index in [1.54, 1.807) is 0 Å². The van der Waals surface area contributed by atoms with E-state index in [4.69, 9.17) is 5.73 Å². The highest BCUT2D eigenvalue weighted by atomic mass is 16.2. The summed E-state index contributed by atoms with van der Waals surface area (Å²) < 4.78 is 0. The van der Waals surface area contributed by atoms with E-state index in [0.29, 0.717) is 0 Å². The predicted octanol–water partition coefficient (Wildman–Crippen LogP) is -0.731. The number of ketones is 2. The Labute approximate surface area is 52.5 Å². The quantitative estimate of drug-likeness (QED) is 0.470. The van der Waals surface area contributed by atoms with Crippen molar-refractivity contribution in [1.29, 1.82) is 0 Å². The van der Waals surface area contributed by atoms with E-state index in [9.17, 15) is 9.59 Å². The minimum absolute atomic E-state index is 0.130. The molecule has 0 amide bonds. The standard InChI is InChI=1S/C6H7NO2/c7-3-4-5(8)1-2-6(4)9/h1-2,4H,3,7H2. The average molecular weight is 125 g/mol. The Bertz CT molecular complexity index is 165. The van der Waals surface area contributed by atoms with Gasteiger partial charge in [0.1, 0.15) is 0 Å². The van der Waals surface area contributed by atoms with Gasteiger partial charge >= 0.3 is 0 Å². The van der Waals surface area contributed by atoms with Gasteiger partial charge in [-0.3, -0.25) is 9.59 Å². The highest BCUT2D eigenvalue weighted by Crippen LogP contribution is 2.07. The molecule has 2 N–H and O–H groups in total. The van der Waals surface area contributed by atoms with E-state index in [-0.39, 0.29) is 18.1 Å². The Morgan fingerprint density at radius 1 is 1.33 bits per heavy atom. The molecule has 48 valence electrons. The van der Waals surface area contributed by atoms with Crippen molar-refractivity contribution in [2.75, 3.05) is 6.54 Å². The van der Waals surface area contributed by atoms with Gasteiger partial charge in [0.15, 0.2) is 11.6 Å². The lowest BCUT2D eigenvalue weighted by molar-refractivity contribution is -0.125. The summed E-state index contributed by atoms with van der Waals surface area (Å²) in [6.45, 7) is 0.130. The van der Waals surface area contributed by atoms with Gasteiger partial charge in [0.05, 0.1) is 5.92 Å². The summed E-state index contributed by atoms with van der Waals surface area (Å²) in [7, 11) is 0. The Morgan fingerprint density at radius 2 is 1.78 bits per heavy atom. The van der Waals surface area contributed by atoms with Crippen molar-refractivity contribution >= 4 is 11.6 Å². The third kappa shape index (κ3) is 0.907. The molecule has 0 aromatic heterocycles. The van der Waals surface area contributed by atoms with Crippen LogP contribution in [0.4, 0.5) is 0 Å². The summed E-state index contributed by atoms with van der Waals surface area (Å²) in [4.78, 5) is 21.3. The van der Waals surface area contributed by atoms with Gasteiger partial charge in [-0.2, -0.15) is 0 Å². The molecule has 0 unspecified atom stereocenters. The van der Waals surface area contributed by atoms with E-state index in [2.05, 4.69) is 0 Å². The van der Waals surface area contributed by atoms with Crippen LogP contribution < -0.4 is 5.73 Å². The zero-order valence-corrected chi connectivity index (χ0v) is 4.83. The lowest BCUT2D eigenvalue weighted by atomic mass is 10.1. The lowest BCUT2D eigenvalue weighted by Gasteiger charge is -1.98. The first kappa shape index (κ1) is 6.16. The molecule has 0 aromatic rings. The molecule has 0 aromatic carbocycles. The molecule has 9 heavy (non-hydrogen) atoms. The fourth-order valence-corrected chi connectivity index (χ4v) is 0.769. The van der Waals surface area contributed by atoms with Gasteiger partial charge in [-0.1, -0.05) is 0 Å². The topological polar surface area (TPSA) is 60.2 Å². The maximum Gasteiger partial charge on any atom is 0.167 e. The normalized spacial score (nSPS) is 19.7. The Hall–Kier alpha value is -0.960. The molecule has 0 atom stereocenters. The molecule has 0 fully saturated rings. The molecule has 3 heteroatoms. The van der Waals surface area contributed by atoms with Crippen molar-refractivity contribution in [3.8, 4) is 0 Å².